The molecule has 0 bridgehead atoms. The van der Waals surface area contributed by atoms with E-state index in [-0.39, 0.29) is 12.3 Å². The molecular weight excluding hydrogens is 286 g/mol. The van der Waals surface area contributed by atoms with Gasteiger partial charge in [0.2, 0.25) is 0 Å². The highest BCUT2D eigenvalue weighted by Crippen LogP contribution is 2.27. The second-order valence-electron chi connectivity index (χ2n) is 4.77. The number of hydrogen-bond donors (Lipinski definition) is 1. The van der Waals surface area contributed by atoms with Crippen molar-refractivity contribution < 1.29 is 14.7 Å². The summed E-state index contributed by atoms with van der Waals surface area (Å²) in [6.07, 6.45) is 2.68. The zero-order valence-corrected chi connectivity index (χ0v) is 12.0. The molecule has 1 fully saturated rings. The van der Waals surface area contributed by atoms with Gasteiger partial charge in [0.1, 0.15) is 4.88 Å². The lowest BCUT2D eigenvalue weighted by atomic mass is 9.92. The molecule has 1 N–H and O–H groups in total. The minimum Gasteiger partial charge on any atom is -0.481 e. The highest BCUT2D eigenvalue weighted by atomic mass is 35.5. The molecule has 1 aromatic heterocycles. The molecule has 4 nitrogen and oxygen atoms in total. The number of rotatable bonds is 4. The molecule has 2 rings (SSSR count). The predicted octanol–water partition coefficient (Wildman–Crippen LogP) is 3.12. The minimum atomic E-state index is -0.746. The van der Waals surface area contributed by atoms with Gasteiger partial charge in [0.25, 0.3) is 5.91 Å². The van der Waals surface area contributed by atoms with Gasteiger partial charge in [0.05, 0.1) is 5.02 Å². The van der Waals surface area contributed by atoms with Crippen molar-refractivity contribution in [3.63, 3.8) is 0 Å². The van der Waals surface area contributed by atoms with E-state index >= 15 is 0 Å². The SMILES string of the molecule is O=C(O)CCC1CCN(C(=O)c2sccc2Cl)CC1. The van der Waals surface area contributed by atoms with Crippen molar-refractivity contribution in [1.82, 2.24) is 4.90 Å². The lowest BCUT2D eigenvalue weighted by molar-refractivity contribution is -0.137. The third-order valence-corrected chi connectivity index (χ3v) is 4.81. The first-order valence-electron chi connectivity index (χ1n) is 6.32. The van der Waals surface area contributed by atoms with Gasteiger partial charge in [-0.25, -0.2) is 0 Å². The zero-order valence-electron chi connectivity index (χ0n) is 10.5. The molecular formula is C13H16ClNO3S. The van der Waals surface area contributed by atoms with Crippen LogP contribution < -0.4 is 0 Å². The number of carbonyl (C=O) groups excluding carboxylic acids is 1. The number of amides is 1. The molecule has 104 valence electrons. The summed E-state index contributed by atoms with van der Waals surface area (Å²) in [4.78, 5) is 25.2. The van der Waals surface area contributed by atoms with Gasteiger partial charge in [-0.15, -0.1) is 11.3 Å². The number of likely N-dealkylation sites (tertiary alicyclic amines) is 1. The minimum absolute atomic E-state index is 0.00307. The lowest BCUT2D eigenvalue weighted by Crippen LogP contribution is -2.38. The van der Waals surface area contributed by atoms with Crippen LogP contribution in [-0.2, 0) is 4.79 Å². The molecule has 1 aromatic rings. The highest BCUT2D eigenvalue weighted by Gasteiger charge is 2.25. The van der Waals surface area contributed by atoms with Gasteiger partial charge in [-0.2, -0.15) is 0 Å². The summed E-state index contributed by atoms with van der Waals surface area (Å²) in [6, 6.07) is 1.74. The fourth-order valence-electron chi connectivity index (χ4n) is 2.34. The van der Waals surface area contributed by atoms with Crippen molar-refractivity contribution in [1.29, 1.82) is 0 Å². The molecule has 0 unspecified atom stereocenters. The fraction of sp³-hybridized carbons (Fsp3) is 0.538. The van der Waals surface area contributed by atoms with Gasteiger partial charge in [-0.1, -0.05) is 11.6 Å². The Morgan fingerprint density at radius 2 is 2.11 bits per heavy atom. The van der Waals surface area contributed by atoms with Crippen molar-refractivity contribution in [3.05, 3.63) is 21.3 Å². The second kappa shape index (κ2) is 6.39. The van der Waals surface area contributed by atoms with Crippen molar-refractivity contribution in [2.75, 3.05) is 13.1 Å². The largest absolute Gasteiger partial charge is 0.481 e. The van der Waals surface area contributed by atoms with Crippen LogP contribution in [0.3, 0.4) is 0 Å². The number of carboxylic acids is 1. The maximum Gasteiger partial charge on any atom is 0.303 e. The molecule has 0 aromatic carbocycles. The summed E-state index contributed by atoms with van der Waals surface area (Å²) in [7, 11) is 0. The summed E-state index contributed by atoms with van der Waals surface area (Å²) >= 11 is 7.33. The van der Waals surface area contributed by atoms with Gasteiger partial charge in [0.15, 0.2) is 0 Å². The number of nitrogens with zero attached hydrogens (tertiary/aromatic N) is 1. The van der Waals surface area contributed by atoms with Crippen LogP contribution in [0.4, 0.5) is 0 Å². The quantitative estimate of drug-likeness (QED) is 0.929. The van der Waals surface area contributed by atoms with Crippen LogP contribution in [0.1, 0.15) is 35.4 Å². The number of carbonyl (C=O) groups is 2. The van der Waals surface area contributed by atoms with Gasteiger partial charge in [-0.05, 0) is 36.6 Å². The first-order valence-corrected chi connectivity index (χ1v) is 7.57. The Labute approximate surface area is 121 Å². The summed E-state index contributed by atoms with van der Waals surface area (Å²) in [6.45, 7) is 1.38. The average Bonchev–Trinajstić information content (AvgIpc) is 2.82. The molecule has 19 heavy (non-hydrogen) atoms. The molecule has 1 saturated heterocycles. The summed E-state index contributed by atoms with van der Waals surface area (Å²) in [5, 5.41) is 11.0. The molecule has 6 heteroatoms. The maximum atomic E-state index is 12.2. The Bertz CT molecular complexity index is 466. The van der Waals surface area contributed by atoms with Crippen molar-refractivity contribution in [2.24, 2.45) is 5.92 Å². The number of hydrogen-bond acceptors (Lipinski definition) is 3. The predicted molar refractivity (Wildman–Crippen MR) is 74.8 cm³/mol. The molecule has 1 aliphatic heterocycles. The zero-order chi connectivity index (χ0) is 13.8. The first kappa shape index (κ1) is 14.3. The number of carboxylic acid groups (broad SMARTS) is 1. The molecule has 0 atom stereocenters. The van der Waals surface area contributed by atoms with Crippen LogP contribution in [-0.4, -0.2) is 35.0 Å². The summed E-state index contributed by atoms with van der Waals surface area (Å²) in [5.41, 5.74) is 0. The Hall–Kier alpha value is -1.07. The number of piperidine rings is 1. The fourth-order valence-corrected chi connectivity index (χ4v) is 3.45. The molecule has 0 aliphatic carbocycles. The standard InChI is InChI=1S/C13H16ClNO3S/c14-10-5-8-19-12(10)13(18)15-6-3-9(4-7-15)1-2-11(16)17/h5,8-9H,1-4,6-7H2,(H,16,17). The molecule has 0 saturated carbocycles. The van der Waals surface area contributed by atoms with E-state index in [1.54, 1.807) is 6.07 Å². The molecule has 2 heterocycles. The molecule has 1 aliphatic rings. The van der Waals surface area contributed by atoms with Gasteiger partial charge in [-0.3, -0.25) is 9.59 Å². The lowest BCUT2D eigenvalue weighted by Gasteiger charge is -2.31. The van der Waals surface area contributed by atoms with E-state index in [1.807, 2.05) is 10.3 Å². The van der Waals surface area contributed by atoms with Crippen molar-refractivity contribution >= 4 is 34.8 Å². The summed E-state index contributed by atoms with van der Waals surface area (Å²) in [5.74, 6) is -0.334. The van der Waals surface area contributed by atoms with E-state index in [1.165, 1.54) is 11.3 Å². The van der Waals surface area contributed by atoms with Crippen molar-refractivity contribution in [2.45, 2.75) is 25.7 Å². The molecule has 0 radical (unpaired) electrons. The normalized spacial score (nSPS) is 16.6. The van der Waals surface area contributed by atoms with Crippen LogP contribution in [0, 0.1) is 5.92 Å². The van der Waals surface area contributed by atoms with E-state index in [9.17, 15) is 9.59 Å². The molecule has 1 amide bonds. The number of aliphatic carboxylic acids is 1. The van der Waals surface area contributed by atoms with Crippen LogP contribution in [0.25, 0.3) is 0 Å². The average molecular weight is 302 g/mol. The Morgan fingerprint density at radius 1 is 1.42 bits per heavy atom. The van der Waals surface area contributed by atoms with Crippen LogP contribution in [0.5, 0.6) is 0 Å². The monoisotopic (exact) mass is 301 g/mol. The van der Waals surface area contributed by atoms with Crippen LogP contribution in [0.15, 0.2) is 11.4 Å². The Kier molecular flexibility index (Phi) is 4.82. The van der Waals surface area contributed by atoms with Crippen LogP contribution >= 0.6 is 22.9 Å². The van der Waals surface area contributed by atoms with E-state index in [2.05, 4.69) is 0 Å². The number of thiophene rings is 1. The third-order valence-electron chi connectivity index (χ3n) is 3.48. The van der Waals surface area contributed by atoms with Gasteiger partial charge < -0.3 is 10.0 Å². The molecule has 0 spiro atoms. The smallest absolute Gasteiger partial charge is 0.303 e. The van der Waals surface area contributed by atoms with Crippen molar-refractivity contribution in [3.8, 4) is 0 Å². The first-order chi connectivity index (χ1) is 9.08. The van der Waals surface area contributed by atoms with Gasteiger partial charge >= 0.3 is 5.97 Å². The van der Waals surface area contributed by atoms with E-state index in [4.69, 9.17) is 16.7 Å². The van der Waals surface area contributed by atoms with E-state index in [0.29, 0.717) is 35.3 Å². The maximum absolute atomic E-state index is 12.2. The van der Waals surface area contributed by atoms with Gasteiger partial charge in [0, 0.05) is 19.5 Å². The summed E-state index contributed by atoms with van der Waals surface area (Å²) < 4.78 is 0. The number of halogens is 1. The Balaban J connectivity index is 1.85. The second-order valence-corrected chi connectivity index (χ2v) is 6.09. The van der Waals surface area contributed by atoms with E-state index < -0.39 is 5.97 Å². The topological polar surface area (TPSA) is 57.6 Å². The van der Waals surface area contributed by atoms with E-state index in [0.717, 1.165) is 12.8 Å². The highest BCUT2D eigenvalue weighted by molar-refractivity contribution is 7.12. The van der Waals surface area contributed by atoms with Crippen LogP contribution in [0.2, 0.25) is 5.02 Å². The Morgan fingerprint density at radius 3 is 2.63 bits per heavy atom. The third kappa shape index (κ3) is 3.70.